The van der Waals surface area contributed by atoms with Gasteiger partial charge in [0.25, 0.3) is 0 Å². The van der Waals surface area contributed by atoms with Gasteiger partial charge in [0.05, 0.1) is 20.1 Å². The molecule has 3 amide bonds. The zero-order chi connectivity index (χ0) is 26.4. The number of carboxylic acid groups (broad SMARTS) is 1. The van der Waals surface area contributed by atoms with E-state index in [9.17, 15) is 24.3 Å². The molecule has 1 fully saturated rings. The Morgan fingerprint density at radius 1 is 1.14 bits per heavy atom. The van der Waals surface area contributed by atoms with Gasteiger partial charge in [-0.1, -0.05) is 24.6 Å². The number of methoxy groups -OCH3 is 2. The Hall–Kier alpha value is -3.59. The molecule has 0 aliphatic carbocycles. The number of carboxylic acids is 1. The van der Waals surface area contributed by atoms with Crippen molar-refractivity contribution in [3.63, 3.8) is 0 Å². The zero-order valence-electron chi connectivity index (χ0n) is 20.4. The van der Waals surface area contributed by atoms with Gasteiger partial charge in [0.15, 0.2) is 0 Å². The lowest BCUT2D eigenvalue weighted by Gasteiger charge is -2.24. The van der Waals surface area contributed by atoms with Crippen LogP contribution < -0.4 is 14.8 Å². The first-order chi connectivity index (χ1) is 17.2. The summed E-state index contributed by atoms with van der Waals surface area (Å²) in [5.41, 5.74) is 1.32. The molecule has 0 aromatic heterocycles. The highest BCUT2D eigenvalue weighted by Gasteiger charge is 2.35. The number of carbonyl (C=O) groups is 4. The second-order valence-electron chi connectivity index (χ2n) is 8.55. The summed E-state index contributed by atoms with van der Waals surface area (Å²) in [6.45, 7) is 1.57. The largest absolute Gasteiger partial charge is 0.496 e. The van der Waals surface area contributed by atoms with Crippen molar-refractivity contribution in [1.82, 2.24) is 10.2 Å². The van der Waals surface area contributed by atoms with Gasteiger partial charge in [-0.2, -0.15) is 0 Å². The summed E-state index contributed by atoms with van der Waals surface area (Å²) in [5.74, 6) is -2.81. The normalized spacial score (nSPS) is 16.7. The summed E-state index contributed by atoms with van der Waals surface area (Å²) < 4.78 is 10.5. The Morgan fingerprint density at radius 3 is 2.47 bits per heavy atom. The summed E-state index contributed by atoms with van der Waals surface area (Å²) >= 11 is 6.12. The number of nitrogens with zero attached hydrogens (tertiary/aromatic N) is 1. The lowest BCUT2D eigenvalue weighted by atomic mass is 9.90. The second-order valence-corrected chi connectivity index (χ2v) is 8.99. The number of hydrogen-bond donors (Lipinski definition) is 2. The van der Waals surface area contributed by atoms with Gasteiger partial charge in [-0.3, -0.25) is 19.3 Å². The van der Waals surface area contributed by atoms with Crippen LogP contribution in [0.1, 0.15) is 47.2 Å². The van der Waals surface area contributed by atoms with E-state index in [1.54, 1.807) is 30.3 Å². The minimum atomic E-state index is -1.14. The molecule has 2 N–H and O–H groups in total. The van der Waals surface area contributed by atoms with Crippen molar-refractivity contribution in [2.24, 2.45) is 5.92 Å². The van der Waals surface area contributed by atoms with Gasteiger partial charge < -0.3 is 19.9 Å². The highest BCUT2D eigenvalue weighted by Crippen LogP contribution is 2.30. The van der Waals surface area contributed by atoms with Crippen LogP contribution in [-0.2, 0) is 20.8 Å². The molecule has 1 heterocycles. The predicted molar refractivity (Wildman–Crippen MR) is 133 cm³/mol. The number of amides is 3. The number of halogens is 1. The molecule has 0 bridgehead atoms. The molecule has 0 radical (unpaired) electrons. The van der Waals surface area contributed by atoms with Gasteiger partial charge >= 0.3 is 5.97 Å². The molecule has 2 aromatic carbocycles. The zero-order valence-corrected chi connectivity index (χ0v) is 21.1. The lowest BCUT2D eigenvalue weighted by molar-refractivity contribution is -0.148. The van der Waals surface area contributed by atoms with Crippen molar-refractivity contribution in [3.8, 4) is 11.5 Å². The minimum Gasteiger partial charge on any atom is -0.496 e. The molecule has 1 aliphatic rings. The molecule has 1 aliphatic heterocycles. The predicted octanol–water partition coefficient (Wildman–Crippen LogP) is 3.28. The first-order valence-corrected chi connectivity index (χ1v) is 11.9. The van der Waals surface area contributed by atoms with Crippen molar-refractivity contribution in [2.75, 3.05) is 27.3 Å². The fourth-order valence-corrected chi connectivity index (χ4v) is 4.53. The number of carbonyl (C=O) groups excluding carboxylic acids is 3. The molecular formula is C26H29ClN2O7. The maximum absolute atomic E-state index is 13.4. The summed E-state index contributed by atoms with van der Waals surface area (Å²) in [6.07, 6.45) is 0.687. The highest BCUT2D eigenvalue weighted by molar-refractivity contribution is 6.30. The average Bonchev–Trinajstić information content (AvgIpc) is 3.00. The quantitative estimate of drug-likeness (QED) is 0.524. The molecule has 192 valence electrons. The Kier molecular flexibility index (Phi) is 8.93. The molecular weight excluding hydrogens is 488 g/mol. The molecule has 9 nitrogen and oxygen atoms in total. The first-order valence-electron chi connectivity index (χ1n) is 11.5. The van der Waals surface area contributed by atoms with Crippen molar-refractivity contribution >= 4 is 35.3 Å². The topological polar surface area (TPSA) is 122 Å². The molecule has 0 spiro atoms. The summed E-state index contributed by atoms with van der Waals surface area (Å²) in [5, 5.41) is 12.7. The van der Waals surface area contributed by atoms with E-state index in [1.165, 1.54) is 20.3 Å². The number of hydrogen-bond acceptors (Lipinski definition) is 6. The van der Waals surface area contributed by atoms with Gasteiger partial charge in [-0.05, 0) is 60.2 Å². The van der Waals surface area contributed by atoms with Gasteiger partial charge in [0.1, 0.15) is 23.6 Å². The van der Waals surface area contributed by atoms with Crippen LogP contribution >= 0.6 is 11.6 Å². The van der Waals surface area contributed by atoms with E-state index in [0.717, 1.165) is 4.90 Å². The van der Waals surface area contributed by atoms with E-state index in [0.29, 0.717) is 28.3 Å². The fourth-order valence-electron chi connectivity index (χ4n) is 4.33. The number of nitrogens with one attached hydrogen (secondary N) is 1. The van der Waals surface area contributed by atoms with Gasteiger partial charge in [-0.15, -0.1) is 0 Å². The standard InChI is InChI=1S/C26H29ClN2O7/c1-4-15(16-5-7-22(36-3)20(11-16)26(33)34)12-24(31)29-14-23(30)28-13-18(25(29)32)9-17-10-19(27)6-8-21(17)35-2/h5-8,10-11,15,18H,4,9,12-14H2,1-3H3,(H,28,30)(H,33,34)/t15-,18+/m0/s1. The summed E-state index contributed by atoms with van der Waals surface area (Å²) in [4.78, 5) is 51.7. The van der Waals surface area contributed by atoms with E-state index in [-0.39, 0.29) is 43.2 Å². The van der Waals surface area contributed by atoms with Crippen molar-refractivity contribution < 1.29 is 33.8 Å². The van der Waals surface area contributed by atoms with Crippen LogP contribution in [0, 0.1) is 5.92 Å². The SMILES string of the molecule is CC[C@@H](CC(=O)N1CC(=O)NC[C@@H](Cc2cc(Cl)ccc2OC)C1=O)c1ccc(OC)c(C(=O)O)c1. The fraction of sp³-hybridized carbons (Fsp3) is 0.385. The second kappa shape index (κ2) is 11.9. The number of ether oxygens (including phenoxy) is 2. The third-order valence-corrected chi connectivity index (χ3v) is 6.55. The van der Waals surface area contributed by atoms with E-state index in [1.807, 2.05) is 6.92 Å². The molecule has 10 heteroatoms. The molecule has 2 aromatic rings. The molecule has 0 saturated carbocycles. The molecule has 2 atom stereocenters. The van der Waals surface area contributed by atoms with Crippen LogP contribution in [0.25, 0.3) is 0 Å². The number of rotatable bonds is 9. The maximum Gasteiger partial charge on any atom is 0.339 e. The van der Waals surface area contributed by atoms with Crippen molar-refractivity contribution in [3.05, 3.63) is 58.1 Å². The number of benzene rings is 2. The van der Waals surface area contributed by atoms with Gasteiger partial charge in [0, 0.05) is 18.0 Å². The van der Waals surface area contributed by atoms with Crippen LogP contribution in [0.4, 0.5) is 0 Å². The molecule has 0 unspecified atom stereocenters. The Morgan fingerprint density at radius 2 is 1.83 bits per heavy atom. The minimum absolute atomic E-state index is 0.0124. The van der Waals surface area contributed by atoms with E-state index in [4.69, 9.17) is 21.1 Å². The van der Waals surface area contributed by atoms with E-state index >= 15 is 0 Å². The number of imide groups is 1. The van der Waals surface area contributed by atoms with Gasteiger partial charge in [0.2, 0.25) is 17.7 Å². The third-order valence-electron chi connectivity index (χ3n) is 6.31. The summed E-state index contributed by atoms with van der Waals surface area (Å²) in [6, 6.07) is 9.81. The van der Waals surface area contributed by atoms with E-state index in [2.05, 4.69) is 5.32 Å². The van der Waals surface area contributed by atoms with Crippen LogP contribution in [0.2, 0.25) is 5.02 Å². The Bertz CT molecular complexity index is 1170. The van der Waals surface area contributed by atoms with Crippen LogP contribution in [0.5, 0.6) is 11.5 Å². The average molecular weight is 517 g/mol. The molecule has 1 saturated heterocycles. The summed E-state index contributed by atoms with van der Waals surface area (Å²) in [7, 11) is 2.90. The monoisotopic (exact) mass is 516 g/mol. The van der Waals surface area contributed by atoms with Crippen LogP contribution in [-0.4, -0.2) is 61.0 Å². The molecule has 3 rings (SSSR count). The molecule has 36 heavy (non-hydrogen) atoms. The number of aromatic carboxylic acids is 1. The third kappa shape index (κ3) is 6.15. The Labute approximate surface area is 214 Å². The first kappa shape index (κ1) is 27.0. The van der Waals surface area contributed by atoms with Crippen molar-refractivity contribution in [2.45, 2.75) is 32.1 Å². The lowest BCUT2D eigenvalue weighted by Crippen LogP contribution is -2.43. The van der Waals surface area contributed by atoms with Crippen molar-refractivity contribution in [1.29, 1.82) is 0 Å². The van der Waals surface area contributed by atoms with Crippen LogP contribution in [0.3, 0.4) is 0 Å². The Balaban J connectivity index is 1.83. The smallest absolute Gasteiger partial charge is 0.339 e. The van der Waals surface area contributed by atoms with Gasteiger partial charge in [-0.25, -0.2) is 4.79 Å². The van der Waals surface area contributed by atoms with E-state index < -0.39 is 29.6 Å². The van der Waals surface area contributed by atoms with Crippen LogP contribution in [0.15, 0.2) is 36.4 Å². The highest BCUT2D eigenvalue weighted by atomic mass is 35.5. The maximum atomic E-state index is 13.4.